The van der Waals surface area contributed by atoms with Crippen molar-refractivity contribution in [2.45, 2.75) is 12.6 Å². The van der Waals surface area contributed by atoms with Gasteiger partial charge in [-0.1, -0.05) is 30.3 Å². The van der Waals surface area contributed by atoms with Gasteiger partial charge in [0, 0.05) is 6.42 Å². The predicted octanol–water partition coefficient (Wildman–Crippen LogP) is 4.13. The third-order valence-corrected chi connectivity index (χ3v) is 2.65. The first-order valence-corrected chi connectivity index (χ1v) is 5.81. The van der Waals surface area contributed by atoms with E-state index < -0.39 is 11.7 Å². The van der Waals surface area contributed by atoms with Crippen LogP contribution in [0.5, 0.6) is 5.75 Å². The van der Waals surface area contributed by atoms with E-state index in [9.17, 15) is 13.2 Å². The average Bonchev–Trinajstić information content (AvgIpc) is 2.39. The first kappa shape index (κ1) is 13.5. The van der Waals surface area contributed by atoms with Crippen LogP contribution in [0.25, 0.3) is 0 Å². The lowest BCUT2D eigenvalue weighted by Gasteiger charge is -2.13. The number of halogens is 3. The molecule has 0 saturated carbocycles. The van der Waals surface area contributed by atoms with Crippen molar-refractivity contribution in [3.63, 3.8) is 0 Å². The van der Waals surface area contributed by atoms with Crippen LogP contribution >= 0.6 is 0 Å². The third-order valence-electron chi connectivity index (χ3n) is 2.65. The number of rotatable bonds is 4. The van der Waals surface area contributed by atoms with Crippen LogP contribution in [0.2, 0.25) is 0 Å². The molecular formula is C15H12F3O. The predicted molar refractivity (Wildman–Crippen MR) is 65.9 cm³/mol. The summed E-state index contributed by atoms with van der Waals surface area (Å²) in [4.78, 5) is 0. The van der Waals surface area contributed by atoms with E-state index in [0.717, 1.165) is 6.07 Å². The summed E-state index contributed by atoms with van der Waals surface area (Å²) < 4.78 is 43.7. The Morgan fingerprint density at radius 1 is 1.00 bits per heavy atom. The maximum absolute atomic E-state index is 12.8. The highest BCUT2D eigenvalue weighted by molar-refractivity contribution is 5.30. The molecular weight excluding hydrogens is 253 g/mol. The van der Waals surface area contributed by atoms with Crippen molar-refractivity contribution in [3.05, 3.63) is 65.7 Å². The fourth-order valence-electron chi connectivity index (χ4n) is 1.76. The van der Waals surface area contributed by atoms with E-state index in [0.29, 0.717) is 5.75 Å². The molecule has 2 aromatic carbocycles. The van der Waals surface area contributed by atoms with Crippen molar-refractivity contribution in [1.29, 1.82) is 0 Å². The lowest BCUT2D eigenvalue weighted by atomic mass is 10.0. The monoisotopic (exact) mass is 265 g/mol. The maximum atomic E-state index is 12.8. The Morgan fingerprint density at radius 2 is 1.68 bits per heavy atom. The van der Waals surface area contributed by atoms with E-state index in [4.69, 9.17) is 4.74 Å². The summed E-state index contributed by atoms with van der Waals surface area (Å²) in [6.45, 7) is 0.205. The molecule has 0 aliphatic carbocycles. The third kappa shape index (κ3) is 3.74. The van der Waals surface area contributed by atoms with Gasteiger partial charge in [-0.25, -0.2) is 0 Å². The van der Waals surface area contributed by atoms with Gasteiger partial charge in [0.05, 0.1) is 12.2 Å². The van der Waals surface area contributed by atoms with Gasteiger partial charge in [-0.15, -0.1) is 0 Å². The van der Waals surface area contributed by atoms with Gasteiger partial charge >= 0.3 is 6.18 Å². The van der Waals surface area contributed by atoms with Crippen molar-refractivity contribution in [2.75, 3.05) is 6.61 Å². The van der Waals surface area contributed by atoms with Gasteiger partial charge in [0.2, 0.25) is 0 Å². The van der Waals surface area contributed by atoms with Crippen LogP contribution in [0.15, 0.2) is 48.5 Å². The van der Waals surface area contributed by atoms with Crippen molar-refractivity contribution >= 4 is 0 Å². The Labute approximate surface area is 109 Å². The quantitative estimate of drug-likeness (QED) is 0.807. The zero-order valence-corrected chi connectivity index (χ0v) is 10.1. The minimum absolute atomic E-state index is 0.205. The normalized spacial score (nSPS) is 11.3. The maximum Gasteiger partial charge on any atom is 0.416 e. The van der Waals surface area contributed by atoms with E-state index in [-0.39, 0.29) is 18.6 Å². The summed E-state index contributed by atoms with van der Waals surface area (Å²) in [5, 5.41) is 0. The zero-order valence-electron chi connectivity index (χ0n) is 10.1. The van der Waals surface area contributed by atoms with Crippen molar-refractivity contribution in [2.24, 2.45) is 0 Å². The van der Waals surface area contributed by atoms with Crippen molar-refractivity contribution in [3.8, 4) is 5.75 Å². The highest BCUT2D eigenvalue weighted by Gasteiger charge is 2.32. The summed E-state index contributed by atoms with van der Waals surface area (Å²) in [5.74, 6) is 0.628. The van der Waals surface area contributed by atoms with E-state index in [1.54, 1.807) is 30.3 Å². The molecule has 2 rings (SSSR count). The molecule has 4 heteroatoms. The zero-order chi connectivity index (χ0) is 13.7. The molecule has 0 N–H and O–H groups in total. The second kappa shape index (κ2) is 5.78. The first-order chi connectivity index (χ1) is 9.07. The Hall–Kier alpha value is -1.97. The Bertz CT molecular complexity index is 520. The molecule has 0 fully saturated rings. The van der Waals surface area contributed by atoms with Gasteiger partial charge in [-0.3, -0.25) is 0 Å². The molecule has 0 atom stereocenters. The number of alkyl halides is 3. The van der Waals surface area contributed by atoms with E-state index in [2.05, 4.69) is 6.07 Å². The van der Waals surface area contributed by atoms with Crippen LogP contribution in [-0.4, -0.2) is 6.61 Å². The molecule has 1 nitrogen and oxygen atoms in total. The molecule has 0 aliphatic heterocycles. The van der Waals surface area contributed by atoms with Crippen LogP contribution in [0.4, 0.5) is 13.2 Å². The first-order valence-electron chi connectivity index (χ1n) is 5.81. The summed E-state index contributed by atoms with van der Waals surface area (Å²) >= 11 is 0. The fourth-order valence-corrected chi connectivity index (χ4v) is 1.76. The molecule has 0 bridgehead atoms. The second-order valence-electron chi connectivity index (χ2n) is 3.99. The summed E-state index contributed by atoms with van der Waals surface area (Å²) in [7, 11) is 0. The molecule has 1 radical (unpaired) electrons. The lowest BCUT2D eigenvalue weighted by molar-refractivity contribution is -0.138. The summed E-state index contributed by atoms with van der Waals surface area (Å²) in [6.07, 6.45) is -4.10. The lowest BCUT2D eigenvalue weighted by Crippen LogP contribution is -2.11. The highest BCUT2D eigenvalue weighted by Crippen LogP contribution is 2.32. The van der Waals surface area contributed by atoms with Gasteiger partial charge in [0.15, 0.2) is 0 Å². The number of hydrogen-bond donors (Lipinski definition) is 0. The van der Waals surface area contributed by atoms with Gasteiger partial charge < -0.3 is 4.74 Å². The van der Waals surface area contributed by atoms with Crippen LogP contribution in [-0.2, 0) is 12.6 Å². The fraction of sp³-hybridized carbons (Fsp3) is 0.200. The van der Waals surface area contributed by atoms with E-state index in [1.165, 1.54) is 12.1 Å². The van der Waals surface area contributed by atoms with Crippen LogP contribution in [0.1, 0.15) is 11.1 Å². The smallest absolute Gasteiger partial charge is 0.416 e. The average molecular weight is 265 g/mol. The Morgan fingerprint density at radius 3 is 2.37 bits per heavy atom. The van der Waals surface area contributed by atoms with Crippen LogP contribution in [0, 0.1) is 6.07 Å². The molecule has 0 saturated heterocycles. The molecule has 99 valence electrons. The molecule has 19 heavy (non-hydrogen) atoms. The standard InChI is InChI=1S/C15H12F3O/c16-15(17,18)14-9-5-4-6-12(14)10-11-19-13-7-2-1-3-8-13/h2-9H,10-11H2. The Balaban J connectivity index is 2.00. The summed E-state index contributed by atoms with van der Waals surface area (Å²) in [6, 6.07) is 15.2. The van der Waals surface area contributed by atoms with Crippen molar-refractivity contribution in [1.82, 2.24) is 0 Å². The summed E-state index contributed by atoms with van der Waals surface area (Å²) in [5.41, 5.74) is -0.350. The second-order valence-corrected chi connectivity index (χ2v) is 3.99. The van der Waals surface area contributed by atoms with Crippen LogP contribution < -0.4 is 4.74 Å². The molecule has 0 spiro atoms. The minimum Gasteiger partial charge on any atom is -0.493 e. The van der Waals surface area contributed by atoms with Gasteiger partial charge in [-0.2, -0.15) is 13.2 Å². The largest absolute Gasteiger partial charge is 0.493 e. The van der Waals surface area contributed by atoms with Gasteiger partial charge in [0.1, 0.15) is 5.75 Å². The topological polar surface area (TPSA) is 9.23 Å². The van der Waals surface area contributed by atoms with Gasteiger partial charge in [0.25, 0.3) is 0 Å². The van der Waals surface area contributed by atoms with E-state index in [1.807, 2.05) is 0 Å². The molecule has 0 amide bonds. The number of hydrogen-bond acceptors (Lipinski definition) is 1. The molecule has 2 aromatic rings. The molecule has 0 aliphatic rings. The van der Waals surface area contributed by atoms with Gasteiger partial charge in [-0.05, 0) is 29.8 Å². The Kier molecular flexibility index (Phi) is 4.10. The van der Waals surface area contributed by atoms with E-state index >= 15 is 0 Å². The highest BCUT2D eigenvalue weighted by atomic mass is 19.4. The number of ether oxygens (including phenoxy) is 1. The minimum atomic E-state index is -4.32. The molecule has 0 unspecified atom stereocenters. The molecule has 0 heterocycles. The molecule has 0 aromatic heterocycles. The number of benzene rings is 2. The SMILES string of the molecule is FC(F)(F)c1ccccc1CCOc1cc[c]cc1. The van der Waals surface area contributed by atoms with Crippen LogP contribution in [0.3, 0.4) is 0 Å². The van der Waals surface area contributed by atoms with Crippen molar-refractivity contribution < 1.29 is 17.9 Å².